The van der Waals surface area contributed by atoms with Gasteiger partial charge in [0.15, 0.2) is 5.78 Å². The molecule has 0 atom stereocenters. The molecule has 1 aliphatic carbocycles. The highest BCUT2D eigenvalue weighted by molar-refractivity contribution is 6.02. The average molecular weight is 286 g/mol. The summed E-state index contributed by atoms with van der Waals surface area (Å²) < 4.78 is 13.1. The van der Waals surface area contributed by atoms with Crippen LogP contribution in [0.2, 0.25) is 0 Å². The van der Waals surface area contributed by atoms with Gasteiger partial charge in [-0.25, -0.2) is 4.52 Å². The lowest BCUT2D eigenvalue weighted by Gasteiger charge is -2.27. The molecule has 2 aromatic heterocycles. The van der Waals surface area contributed by atoms with Crippen molar-refractivity contribution in [3.63, 3.8) is 0 Å². The molecule has 0 N–H and O–H groups in total. The normalized spacial score (nSPS) is 18.7. The number of ether oxygens (including phenoxy) is 2. The van der Waals surface area contributed by atoms with Gasteiger partial charge in [0, 0.05) is 12.3 Å². The molecule has 110 valence electrons. The second-order valence-electron chi connectivity index (χ2n) is 5.77. The molecule has 5 nitrogen and oxygen atoms in total. The molecule has 21 heavy (non-hydrogen) atoms. The number of hydrogen-bond acceptors (Lipinski definition) is 4. The number of carbonyl (C=O) groups excluding carboxylic acids is 1. The summed E-state index contributed by atoms with van der Waals surface area (Å²) in [6, 6.07) is 3.92. The van der Waals surface area contributed by atoms with E-state index >= 15 is 0 Å². The molecule has 1 aliphatic heterocycles. The number of ketones is 1. The first kappa shape index (κ1) is 12.8. The first-order valence-corrected chi connectivity index (χ1v) is 7.56. The minimum atomic E-state index is 0.132. The molecule has 2 fully saturated rings. The molecule has 0 amide bonds. The van der Waals surface area contributed by atoms with Crippen LogP contribution >= 0.6 is 0 Å². The molecule has 1 saturated heterocycles. The second kappa shape index (κ2) is 4.84. The van der Waals surface area contributed by atoms with E-state index in [1.165, 1.54) is 0 Å². The van der Waals surface area contributed by atoms with Crippen LogP contribution in [0.15, 0.2) is 18.3 Å². The molecule has 5 heteroatoms. The summed E-state index contributed by atoms with van der Waals surface area (Å²) in [7, 11) is 0. The Morgan fingerprint density at radius 2 is 2.24 bits per heavy atom. The Bertz CT molecular complexity index is 699. The fourth-order valence-corrected chi connectivity index (χ4v) is 2.75. The number of carbonyl (C=O) groups is 1. The van der Waals surface area contributed by atoms with Gasteiger partial charge in [-0.2, -0.15) is 5.10 Å². The maximum absolute atomic E-state index is 12.0. The molecule has 0 radical (unpaired) electrons. The van der Waals surface area contributed by atoms with Gasteiger partial charge in [-0.15, -0.1) is 0 Å². The van der Waals surface area contributed by atoms with E-state index in [2.05, 4.69) is 5.10 Å². The van der Waals surface area contributed by atoms with Crippen molar-refractivity contribution >= 4 is 11.3 Å². The summed E-state index contributed by atoms with van der Waals surface area (Å²) in [4.78, 5) is 12.0. The Morgan fingerprint density at radius 1 is 1.43 bits per heavy atom. The van der Waals surface area contributed by atoms with Gasteiger partial charge in [-0.3, -0.25) is 4.79 Å². The minimum Gasteiger partial charge on any atom is -0.484 e. The molecule has 0 spiro atoms. The zero-order chi connectivity index (χ0) is 14.4. The topological polar surface area (TPSA) is 52.8 Å². The SMILES string of the molecule is CCC(=O)c1cnn2c(C3CC3)c(OC3COC3)ccc12. The summed E-state index contributed by atoms with van der Waals surface area (Å²) >= 11 is 0. The molecular formula is C16H18N2O3. The predicted molar refractivity (Wildman–Crippen MR) is 77.0 cm³/mol. The molecule has 0 aromatic carbocycles. The number of rotatable bonds is 5. The summed E-state index contributed by atoms with van der Waals surface area (Å²) in [5, 5.41) is 4.45. The Labute approximate surface area is 122 Å². The van der Waals surface area contributed by atoms with Crippen LogP contribution in [0.25, 0.3) is 5.52 Å². The van der Waals surface area contributed by atoms with Gasteiger partial charge in [0.05, 0.1) is 36.2 Å². The van der Waals surface area contributed by atoms with E-state index < -0.39 is 0 Å². The van der Waals surface area contributed by atoms with E-state index in [1.54, 1.807) is 6.20 Å². The van der Waals surface area contributed by atoms with Crippen LogP contribution in [-0.2, 0) is 4.74 Å². The van der Waals surface area contributed by atoms with Crippen molar-refractivity contribution in [3.05, 3.63) is 29.6 Å². The maximum Gasteiger partial charge on any atom is 0.166 e. The van der Waals surface area contributed by atoms with E-state index in [0.717, 1.165) is 29.8 Å². The predicted octanol–water partition coefficient (Wildman–Crippen LogP) is 2.58. The van der Waals surface area contributed by atoms with Crippen molar-refractivity contribution in [2.24, 2.45) is 0 Å². The van der Waals surface area contributed by atoms with Crippen LogP contribution < -0.4 is 4.74 Å². The standard InChI is InChI=1S/C16H18N2O3/c1-2-14(19)12-7-17-18-13(12)5-6-15(16(18)10-3-4-10)21-11-8-20-9-11/h5-7,10-11H,2-4,8-9H2,1H3. The Balaban J connectivity index is 1.80. The highest BCUT2D eigenvalue weighted by Crippen LogP contribution is 2.45. The number of aromatic nitrogens is 2. The molecule has 4 rings (SSSR count). The van der Waals surface area contributed by atoms with Gasteiger partial charge in [-0.1, -0.05) is 6.92 Å². The number of Topliss-reactive ketones (excluding diaryl/α,β-unsaturated/α-hetero) is 1. The zero-order valence-corrected chi connectivity index (χ0v) is 12.0. The van der Waals surface area contributed by atoms with E-state index in [-0.39, 0.29) is 11.9 Å². The largest absolute Gasteiger partial charge is 0.484 e. The third-order valence-corrected chi connectivity index (χ3v) is 4.17. The van der Waals surface area contributed by atoms with Crippen LogP contribution in [0.3, 0.4) is 0 Å². The van der Waals surface area contributed by atoms with Crippen molar-refractivity contribution < 1.29 is 14.3 Å². The van der Waals surface area contributed by atoms with Crippen LogP contribution in [-0.4, -0.2) is 34.7 Å². The fourth-order valence-electron chi connectivity index (χ4n) is 2.75. The first-order valence-electron chi connectivity index (χ1n) is 7.56. The van der Waals surface area contributed by atoms with Gasteiger partial charge in [0.25, 0.3) is 0 Å². The van der Waals surface area contributed by atoms with E-state index in [9.17, 15) is 4.79 Å². The van der Waals surface area contributed by atoms with Crippen molar-refractivity contribution in [1.82, 2.24) is 9.61 Å². The zero-order valence-electron chi connectivity index (χ0n) is 12.0. The van der Waals surface area contributed by atoms with E-state index in [0.29, 0.717) is 31.1 Å². The average Bonchev–Trinajstić information content (AvgIpc) is 3.20. The molecule has 2 aromatic rings. The molecule has 1 saturated carbocycles. The van der Waals surface area contributed by atoms with Crippen molar-refractivity contribution in [2.45, 2.75) is 38.2 Å². The maximum atomic E-state index is 12.0. The van der Waals surface area contributed by atoms with Gasteiger partial charge in [0.2, 0.25) is 0 Å². The minimum absolute atomic E-state index is 0.132. The molecule has 2 aliphatic rings. The number of pyridine rings is 1. The lowest BCUT2D eigenvalue weighted by Crippen LogP contribution is -2.38. The lowest BCUT2D eigenvalue weighted by atomic mass is 10.1. The molecular weight excluding hydrogens is 268 g/mol. The first-order chi connectivity index (χ1) is 10.3. The molecule has 0 bridgehead atoms. The Morgan fingerprint density at radius 3 is 2.86 bits per heavy atom. The number of fused-ring (bicyclic) bond motifs is 1. The van der Waals surface area contributed by atoms with Gasteiger partial charge >= 0.3 is 0 Å². The summed E-state index contributed by atoms with van der Waals surface area (Å²) in [5.74, 6) is 1.51. The lowest BCUT2D eigenvalue weighted by molar-refractivity contribution is -0.0801. The monoisotopic (exact) mass is 286 g/mol. The third kappa shape index (κ3) is 2.12. The van der Waals surface area contributed by atoms with Crippen LogP contribution in [0.5, 0.6) is 5.75 Å². The van der Waals surface area contributed by atoms with Crippen molar-refractivity contribution in [3.8, 4) is 5.75 Å². The van der Waals surface area contributed by atoms with Gasteiger partial charge < -0.3 is 9.47 Å². The Hall–Kier alpha value is -1.88. The highest BCUT2D eigenvalue weighted by Gasteiger charge is 2.32. The third-order valence-electron chi connectivity index (χ3n) is 4.17. The van der Waals surface area contributed by atoms with Crippen molar-refractivity contribution in [2.75, 3.05) is 13.2 Å². The molecule has 0 unspecified atom stereocenters. The fraction of sp³-hybridized carbons (Fsp3) is 0.500. The van der Waals surface area contributed by atoms with Crippen LogP contribution in [0.1, 0.15) is 48.2 Å². The van der Waals surface area contributed by atoms with E-state index in [1.807, 2.05) is 23.6 Å². The Kier molecular flexibility index (Phi) is 2.96. The smallest absolute Gasteiger partial charge is 0.166 e. The van der Waals surface area contributed by atoms with Gasteiger partial charge in [0.1, 0.15) is 11.9 Å². The van der Waals surface area contributed by atoms with E-state index in [4.69, 9.17) is 9.47 Å². The highest BCUT2D eigenvalue weighted by atomic mass is 16.6. The van der Waals surface area contributed by atoms with Gasteiger partial charge in [-0.05, 0) is 25.0 Å². The summed E-state index contributed by atoms with van der Waals surface area (Å²) in [5.41, 5.74) is 2.70. The van der Waals surface area contributed by atoms with Crippen LogP contribution in [0, 0.1) is 0 Å². The number of nitrogens with zero attached hydrogens (tertiary/aromatic N) is 2. The summed E-state index contributed by atoms with van der Waals surface area (Å²) in [6.07, 6.45) is 4.65. The quantitative estimate of drug-likeness (QED) is 0.793. The summed E-state index contributed by atoms with van der Waals surface area (Å²) in [6.45, 7) is 3.18. The van der Waals surface area contributed by atoms with Crippen molar-refractivity contribution in [1.29, 1.82) is 0 Å². The molecule has 3 heterocycles. The number of hydrogen-bond donors (Lipinski definition) is 0. The second-order valence-corrected chi connectivity index (χ2v) is 5.77. The van der Waals surface area contributed by atoms with Crippen LogP contribution in [0.4, 0.5) is 0 Å².